The summed E-state index contributed by atoms with van der Waals surface area (Å²) in [6, 6.07) is 57.1. The summed E-state index contributed by atoms with van der Waals surface area (Å²) in [6.07, 6.45) is 0.122. The smallest absolute Gasteiger partial charge is 0.272 e. The topological polar surface area (TPSA) is 120 Å². The number of aromatic nitrogens is 4. The Kier molecular flexibility index (Phi) is 11.6. The van der Waals surface area contributed by atoms with Crippen molar-refractivity contribution in [2.24, 2.45) is 0 Å². The van der Waals surface area contributed by atoms with Crippen LogP contribution in [0.25, 0.3) is 11.2 Å². The van der Waals surface area contributed by atoms with E-state index in [2.05, 4.69) is 66.0 Å². The van der Waals surface area contributed by atoms with Gasteiger partial charge in [0.05, 0.1) is 26.7 Å². The average Bonchev–Trinajstić information content (AvgIpc) is 4.11. The minimum atomic E-state index is -1.06. The number of hydrogen-bond donors (Lipinski definition) is 1. The van der Waals surface area contributed by atoms with Crippen LogP contribution >= 0.6 is 0 Å². The molecule has 0 radical (unpaired) electrons. The van der Waals surface area contributed by atoms with E-state index in [9.17, 15) is 0 Å². The molecule has 0 aliphatic carbocycles. The number of methoxy groups -OCH3 is 3. The largest absolute Gasteiger partial charge is 0.497 e. The first kappa shape index (κ1) is 42.0. The Labute approximate surface area is 377 Å². The molecule has 12 heteroatoms. The lowest BCUT2D eigenvalue weighted by atomic mass is 9.77. The quantitative estimate of drug-likeness (QED) is 0.0994. The Balaban J connectivity index is 1.05. The third kappa shape index (κ3) is 7.48. The van der Waals surface area contributed by atoms with E-state index in [1.807, 2.05) is 121 Å². The van der Waals surface area contributed by atoms with Crippen LogP contribution in [0, 0.1) is 0 Å². The van der Waals surface area contributed by atoms with Crippen LogP contribution in [0.1, 0.15) is 46.5 Å². The first-order valence-electron chi connectivity index (χ1n) is 21.6. The van der Waals surface area contributed by atoms with Gasteiger partial charge in [-0.15, -0.1) is 0 Å². The molecule has 6 aromatic carbocycles. The van der Waals surface area contributed by atoms with Crippen molar-refractivity contribution >= 4 is 17.0 Å². The molecule has 2 saturated heterocycles. The van der Waals surface area contributed by atoms with Gasteiger partial charge in [0.2, 0.25) is 0 Å². The fourth-order valence-corrected chi connectivity index (χ4v) is 9.43. The molecule has 1 N–H and O–H groups in total. The van der Waals surface area contributed by atoms with Crippen LogP contribution in [-0.2, 0) is 34.8 Å². The molecule has 10 rings (SSSR count). The van der Waals surface area contributed by atoms with Crippen molar-refractivity contribution in [2.45, 2.75) is 55.2 Å². The van der Waals surface area contributed by atoms with Crippen LogP contribution in [0.4, 0.5) is 5.82 Å². The van der Waals surface area contributed by atoms with E-state index in [4.69, 9.17) is 48.1 Å². The molecule has 0 saturated carbocycles. The molecule has 4 heterocycles. The molecule has 1 unspecified atom stereocenters. The number of nitrogens with zero attached hydrogens (tertiary/aromatic N) is 4. The van der Waals surface area contributed by atoms with Gasteiger partial charge in [0.1, 0.15) is 47.3 Å². The van der Waals surface area contributed by atoms with E-state index in [1.165, 1.54) is 0 Å². The van der Waals surface area contributed by atoms with Gasteiger partial charge in [0, 0.05) is 7.11 Å². The minimum Gasteiger partial charge on any atom is -0.497 e. The summed E-state index contributed by atoms with van der Waals surface area (Å²) < 4.78 is 46.2. The summed E-state index contributed by atoms with van der Waals surface area (Å²) in [5.74, 6) is 2.01. The summed E-state index contributed by atoms with van der Waals surface area (Å²) in [4.78, 5) is 14.6. The molecular formula is C53H49N5O7. The second-order valence-electron chi connectivity index (χ2n) is 16.1. The maximum Gasteiger partial charge on any atom is 0.272 e. The summed E-state index contributed by atoms with van der Waals surface area (Å²) >= 11 is 0. The molecule has 12 nitrogen and oxygen atoms in total. The average molecular weight is 868 g/mol. The Morgan fingerprint density at radius 3 is 1.55 bits per heavy atom. The number of fused-ring (bicyclic) bond motifs is 2. The Morgan fingerprint density at radius 2 is 1.03 bits per heavy atom. The first-order chi connectivity index (χ1) is 32.0. The Morgan fingerprint density at radius 1 is 0.554 bits per heavy atom. The predicted molar refractivity (Wildman–Crippen MR) is 245 cm³/mol. The number of benzene rings is 6. The first-order valence-corrected chi connectivity index (χ1v) is 21.6. The van der Waals surface area contributed by atoms with E-state index in [-0.39, 0.29) is 0 Å². The fraction of sp³-hybridized carbons (Fsp3) is 0.226. The van der Waals surface area contributed by atoms with Crippen LogP contribution < -0.4 is 14.8 Å². The minimum absolute atomic E-state index is 0.522. The van der Waals surface area contributed by atoms with E-state index < -0.39 is 48.3 Å². The lowest BCUT2D eigenvalue weighted by Gasteiger charge is -2.40. The van der Waals surface area contributed by atoms with Gasteiger partial charge >= 0.3 is 0 Å². The van der Waals surface area contributed by atoms with Crippen molar-refractivity contribution < 1.29 is 33.2 Å². The third-order valence-electron chi connectivity index (χ3n) is 12.5. The summed E-state index contributed by atoms with van der Waals surface area (Å²) in [5, 5.41) is 3.88. The third-order valence-corrected chi connectivity index (χ3v) is 12.5. The van der Waals surface area contributed by atoms with Gasteiger partial charge in [-0.05, 0) is 64.6 Å². The van der Waals surface area contributed by atoms with Crippen molar-refractivity contribution in [3.63, 3.8) is 0 Å². The molecule has 0 bridgehead atoms. The van der Waals surface area contributed by atoms with E-state index >= 15 is 0 Å². The van der Waals surface area contributed by atoms with Gasteiger partial charge in [-0.25, -0.2) is 15.0 Å². The Hall–Kier alpha value is -6.93. The highest BCUT2D eigenvalue weighted by Gasteiger charge is 2.57. The lowest BCUT2D eigenvalue weighted by Crippen LogP contribution is -2.44. The molecule has 2 aliphatic heterocycles. The summed E-state index contributed by atoms with van der Waals surface area (Å²) in [5.41, 5.74) is 4.89. The maximum absolute atomic E-state index is 7.49. The van der Waals surface area contributed by atoms with Gasteiger partial charge in [0.25, 0.3) is 6.48 Å². The molecule has 6 atom stereocenters. The van der Waals surface area contributed by atoms with Crippen LogP contribution in [-0.4, -0.2) is 71.7 Å². The zero-order valence-electron chi connectivity index (χ0n) is 36.4. The number of hydrogen-bond acceptors (Lipinski definition) is 11. The summed E-state index contributed by atoms with van der Waals surface area (Å²) in [6.45, 7) is 1.09. The fourth-order valence-electron chi connectivity index (χ4n) is 9.43. The number of imidazole rings is 1. The van der Waals surface area contributed by atoms with E-state index in [0.717, 1.165) is 44.9 Å². The van der Waals surface area contributed by atoms with Crippen molar-refractivity contribution in [1.82, 2.24) is 19.5 Å². The standard InChI is InChI=1S/C53H49N5O7/c1-35(65-53(39-21-13-7-14-22-39,40-23-15-8-16-24-40)41-27-31-43(60-3)32-28-41)45-46-47(64-51(61-4)63-46)50(62-45)58-34-56-44-48(54-33-55-49(44)58)57-52(36-17-9-5-10-18-36,37-19-11-6-12-20-37)38-25-29-42(59-2)30-26-38/h5-35,45-47,50-51H,1-4H3,(H,54,55,57)/t35-,45-,46-,47-,50-,51?/m1/s1. The van der Waals surface area contributed by atoms with Crippen molar-refractivity contribution in [3.8, 4) is 11.5 Å². The molecule has 0 amide bonds. The van der Waals surface area contributed by atoms with Gasteiger partial charge in [-0.2, -0.15) is 0 Å². The zero-order valence-corrected chi connectivity index (χ0v) is 36.4. The van der Waals surface area contributed by atoms with Gasteiger partial charge < -0.3 is 38.5 Å². The molecule has 2 aromatic heterocycles. The monoisotopic (exact) mass is 867 g/mol. The lowest BCUT2D eigenvalue weighted by molar-refractivity contribution is -0.263. The molecule has 328 valence electrons. The SMILES string of the molecule is COc1ccc(C(Nc2ncnc3c2ncn3[C@@H]2O[C@H]([C@@H](C)OC(c3ccccc3)(c3ccccc3)c3ccc(OC)cc3)[C@H]3OC(OC)O[C@H]32)(c2ccccc2)c2ccccc2)cc1. The molecule has 0 spiro atoms. The highest BCUT2D eigenvalue weighted by molar-refractivity contribution is 5.84. The highest BCUT2D eigenvalue weighted by atomic mass is 16.9. The number of anilines is 1. The number of nitrogens with one attached hydrogen (secondary N) is 1. The predicted octanol–water partition coefficient (Wildman–Crippen LogP) is 9.26. The highest BCUT2D eigenvalue weighted by Crippen LogP contribution is 2.48. The van der Waals surface area contributed by atoms with E-state index in [0.29, 0.717) is 17.0 Å². The van der Waals surface area contributed by atoms with Gasteiger partial charge in [-0.1, -0.05) is 146 Å². The second kappa shape index (κ2) is 17.9. The summed E-state index contributed by atoms with van der Waals surface area (Å²) in [7, 11) is 4.88. The van der Waals surface area contributed by atoms with Crippen LogP contribution in [0.3, 0.4) is 0 Å². The van der Waals surface area contributed by atoms with Crippen LogP contribution in [0.5, 0.6) is 11.5 Å². The number of ether oxygens (including phenoxy) is 7. The molecule has 2 fully saturated rings. The molecule has 8 aromatic rings. The maximum atomic E-state index is 7.49. The molecule has 2 aliphatic rings. The van der Waals surface area contributed by atoms with Crippen molar-refractivity contribution in [2.75, 3.05) is 26.6 Å². The van der Waals surface area contributed by atoms with Crippen LogP contribution in [0.15, 0.2) is 183 Å². The van der Waals surface area contributed by atoms with E-state index in [1.54, 1.807) is 34.0 Å². The second-order valence-corrected chi connectivity index (χ2v) is 16.1. The molecule has 65 heavy (non-hydrogen) atoms. The van der Waals surface area contributed by atoms with Crippen molar-refractivity contribution in [1.29, 1.82) is 0 Å². The zero-order chi connectivity index (χ0) is 44.4. The Bertz CT molecular complexity index is 2740. The van der Waals surface area contributed by atoms with Gasteiger partial charge in [-0.3, -0.25) is 4.57 Å². The van der Waals surface area contributed by atoms with Crippen LogP contribution in [0.2, 0.25) is 0 Å². The van der Waals surface area contributed by atoms with Crippen molar-refractivity contribution in [3.05, 3.63) is 216 Å². The molecular weight excluding hydrogens is 819 g/mol. The number of rotatable bonds is 15. The van der Waals surface area contributed by atoms with Gasteiger partial charge in [0.15, 0.2) is 23.2 Å². The normalized spacial score (nSPS) is 20.0.